The van der Waals surface area contributed by atoms with E-state index in [9.17, 15) is 14.9 Å². The molecule has 1 aromatic heterocycles. The molecule has 0 aliphatic carbocycles. The summed E-state index contributed by atoms with van der Waals surface area (Å²) in [5, 5.41) is 14.6. The van der Waals surface area contributed by atoms with Gasteiger partial charge in [0.15, 0.2) is 0 Å². The van der Waals surface area contributed by atoms with Crippen molar-refractivity contribution in [3.8, 4) is 0 Å². The summed E-state index contributed by atoms with van der Waals surface area (Å²) in [6.45, 7) is 1.63. The highest BCUT2D eigenvalue weighted by atomic mass is 32.1. The first-order valence-electron chi connectivity index (χ1n) is 7.43. The van der Waals surface area contributed by atoms with Crippen LogP contribution in [0, 0.1) is 17.0 Å². The second-order valence-corrected chi connectivity index (χ2v) is 6.45. The minimum Gasteiger partial charge on any atom is -0.326 e. The fourth-order valence-electron chi connectivity index (χ4n) is 2.42. The molecule has 0 bridgehead atoms. The lowest BCUT2D eigenvalue weighted by molar-refractivity contribution is -0.385. The molecule has 0 unspecified atom stereocenters. The molecule has 2 aromatic carbocycles. The Hall–Kier alpha value is -2.80. The van der Waals surface area contributed by atoms with Crippen LogP contribution in [-0.2, 0) is 11.2 Å². The van der Waals surface area contributed by atoms with Crippen LogP contribution in [0.2, 0.25) is 0 Å². The van der Waals surface area contributed by atoms with E-state index in [1.807, 2.05) is 24.3 Å². The number of thiazole rings is 1. The summed E-state index contributed by atoms with van der Waals surface area (Å²) in [7, 11) is 0. The van der Waals surface area contributed by atoms with E-state index in [-0.39, 0.29) is 18.0 Å². The van der Waals surface area contributed by atoms with Crippen molar-refractivity contribution < 1.29 is 9.72 Å². The first-order valence-corrected chi connectivity index (χ1v) is 8.24. The number of nitrogens with one attached hydrogen (secondary N) is 1. The van der Waals surface area contributed by atoms with Crippen molar-refractivity contribution in [3.05, 3.63) is 63.1 Å². The van der Waals surface area contributed by atoms with Crippen molar-refractivity contribution in [2.75, 3.05) is 5.32 Å². The Morgan fingerprint density at radius 2 is 2.04 bits per heavy atom. The number of carbonyl (C=O) groups is 1. The van der Waals surface area contributed by atoms with Crippen LogP contribution in [-0.4, -0.2) is 15.8 Å². The third kappa shape index (κ3) is 3.41. The van der Waals surface area contributed by atoms with Crippen molar-refractivity contribution in [1.29, 1.82) is 0 Å². The van der Waals surface area contributed by atoms with E-state index in [2.05, 4.69) is 10.3 Å². The van der Waals surface area contributed by atoms with Crippen molar-refractivity contribution in [2.24, 2.45) is 0 Å². The van der Waals surface area contributed by atoms with Crippen LogP contribution in [0.3, 0.4) is 0 Å². The molecule has 1 amide bonds. The molecule has 1 N–H and O–H groups in total. The zero-order valence-electron chi connectivity index (χ0n) is 13.0. The maximum Gasteiger partial charge on any atom is 0.274 e. The lowest BCUT2D eigenvalue weighted by Gasteiger charge is -2.08. The second-order valence-electron chi connectivity index (χ2n) is 5.33. The molecule has 0 radical (unpaired) electrons. The zero-order valence-corrected chi connectivity index (χ0v) is 13.8. The van der Waals surface area contributed by atoms with Crippen molar-refractivity contribution >= 4 is 38.8 Å². The number of para-hydroxylation sites is 1. The van der Waals surface area contributed by atoms with Gasteiger partial charge >= 0.3 is 0 Å². The summed E-state index contributed by atoms with van der Waals surface area (Å²) in [4.78, 5) is 27.1. The van der Waals surface area contributed by atoms with Crippen LogP contribution in [0.1, 0.15) is 17.0 Å². The monoisotopic (exact) mass is 341 g/mol. The number of amides is 1. The van der Waals surface area contributed by atoms with E-state index in [4.69, 9.17) is 0 Å². The maximum atomic E-state index is 12.1. The third-order valence-corrected chi connectivity index (χ3v) is 4.78. The molecule has 6 nitrogen and oxygen atoms in total. The lowest BCUT2D eigenvalue weighted by atomic mass is 10.1. The number of anilines is 1. The molecular weight excluding hydrogens is 326 g/mol. The molecular formula is C17H15N3O3S. The largest absolute Gasteiger partial charge is 0.326 e. The molecule has 0 aliphatic heterocycles. The van der Waals surface area contributed by atoms with Crippen LogP contribution in [0.15, 0.2) is 42.5 Å². The van der Waals surface area contributed by atoms with E-state index in [1.54, 1.807) is 30.4 Å². The lowest BCUT2D eigenvalue weighted by Crippen LogP contribution is -2.13. The van der Waals surface area contributed by atoms with Crippen LogP contribution < -0.4 is 5.32 Å². The number of nitrogens with zero attached hydrogens (tertiary/aromatic N) is 2. The smallest absolute Gasteiger partial charge is 0.274 e. The van der Waals surface area contributed by atoms with Gasteiger partial charge < -0.3 is 5.32 Å². The fourth-order valence-corrected chi connectivity index (χ4v) is 3.38. The molecule has 24 heavy (non-hydrogen) atoms. The number of hydrogen-bond acceptors (Lipinski definition) is 5. The number of aromatic nitrogens is 1. The van der Waals surface area contributed by atoms with Gasteiger partial charge in [-0.1, -0.05) is 18.2 Å². The van der Waals surface area contributed by atoms with E-state index >= 15 is 0 Å². The van der Waals surface area contributed by atoms with Gasteiger partial charge in [0.25, 0.3) is 5.69 Å². The van der Waals surface area contributed by atoms with Gasteiger partial charge in [0, 0.05) is 18.9 Å². The van der Waals surface area contributed by atoms with Gasteiger partial charge in [-0.05, 0) is 25.1 Å². The topological polar surface area (TPSA) is 85.1 Å². The molecule has 0 spiro atoms. The van der Waals surface area contributed by atoms with Gasteiger partial charge in [-0.3, -0.25) is 14.9 Å². The average Bonchev–Trinajstić information content (AvgIpc) is 2.97. The minimum absolute atomic E-state index is 0.000951. The molecule has 0 atom stereocenters. The highest BCUT2D eigenvalue weighted by Gasteiger charge is 2.15. The summed E-state index contributed by atoms with van der Waals surface area (Å²) in [6.07, 6.45) is 0.821. The van der Waals surface area contributed by atoms with Crippen LogP contribution in [0.4, 0.5) is 11.4 Å². The fraction of sp³-hybridized carbons (Fsp3) is 0.176. The average molecular weight is 341 g/mol. The summed E-state index contributed by atoms with van der Waals surface area (Å²) in [6, 6.07) is 12.5. The molecule has 0 saturated carbocycles. The normalized spacial score (nSPS) is 10.7. The van der Waals surface area contributed by atoms with Gasteiger partial charge in [0.2, 0.25) is 5.91 Å². The highest BCUT2D eigenvalue weighted by molar-refractivity contribution is 7.18. The molecule has 122 valence electrons. The number of hydrogen-bond donors (Lipinski definition) is 1. The summed E-state index contributed by atoms with van der Waals surface area (Å²) < 4.78 is 1.10. The number of aryl methyl sites for hydroxylation is 1. The minimum atomic E-state index is -0.452. The molecule has 0 fully saturated rings. The molecule has 7 heteroatoms. The summed E-state index contributed by atoms with van der Waals surface area (Å²) >= 11 is 1.57. The Morgan fingerprint density at radius 1 is 1.25 bits per heavy atom. The van der Waals surface area contributed by atoms with Crippen molar-refractivity contribution in [2.45, 2.75) is 19.8 Å². The standard InChI is InChI=1S/C17H15N3O3S/c1-11-12(6-4-7-14(11)20(22)23)18-16(21)9-10-17-19-13-5-2-3-8-15(13)24-17/h2-8H,9-10H2,1H3,(H,18,21). The Balaban J connectivity index is 1.65. The van der Waals surface area contributed by atoms with Crippen LogP contribution in [0.5, 0.6) is 0 Å². The van der Waals surface area contributed by atoms with Gasteiger partial charge in [-0.2, -0.15) is 0 Å². The molecule has 3 rings (SSSR count). The van der Waals surface area contributed by atoms with Gasteiger partial charge in [0.1, 0.15) is 0 Å². The van der Waals surface area contributed by atoms with Crippen LogP contribution >= 0.6 is 11.3 Å². The molecule has 0 aliphatic rings. The van der Waals surface area contributed by atoms with E-state index in [0.29, 0.717) is 17.7 Å². The Bertz CT molecular complexity index is 887. The van der Waals surface area contributed by atoms with E-state index < -0.39 is 4.92 Å². The predicted molar refractivity (Wildman–Crippen MR) is 94.4 cm³/mol. The molecule has 1 heterocycles. The number of fused-ring (bicyclic) bond motifs is 1. The summed E-state index contributed by atoms with van der Waals surface area (Å²) in [5.41, 5.74) is 1.86. The first kappa shape index (κ1) is 16.1. The number of nitro benzene ring substituents is 1. The first-order chi connectivity index (χ1) is 11.5. The SMILES string of the molecule is Cc1c(NC(=O)CCc2nc3ccccc3s2)cccc1[N+](=O)[O-]. The quantitative estimate of drug-likeness (QED) is 0.559. The third-order valence-electron chi connectivity index (χ3n) is 3.68. The Labute approximate surface area is 142 Å². The molecule has 3 aromatic rings. The maximum absolute atomic E-state index is 12.1. The number of nitro groups is 1. The second kappa shape index (κ2) is 6.76. The van der Waals surface area contributed by atoms with Crippen molar-refractivity contribution in [1.82, 2.24) is 4.98 Å². The number of carbonyl (C=O) groups excluding carboxylic acids is 1. The van der Waals surface area contributed by atoms with E-state index in [0.717, 1.165) is 15.2 Å². The highest BCUT2D eigenvalue weighted by Crippen LogP contribution is 2.26. The Morgan fingerprint density at radius 3 is 2.79 bits per heavy atom. The van der Waals surface area contributed by atoms with Gasteiger partial charge in [-0.15, -0.1) is 11.3 Å². The molecule has 0 saturated heterocycles. The van der Waals surface area contributed by atoms with Gasteiger partial charge in [-0.25, -0.2) is 4.98 Å². The number of benzene rings is 2. The van der Waals surface area contributed by atoms with E-state index in [1.165, 1.54) is 6.07 Å². The number of rotatable bonds is 5. The van der Waals surface area contributed by atoms with Crippen molar-refractivity contribution in [3.63, 3.8) is 0 Å². The van der Waals surface area contributed by atoms with Crippen LogP contribution in [0.25, 0.3) is 10.2 Å². The Kier molecular flexibility index (Phi) is 4.52. The zero-order chi connectivity index (χ0) is 17.1. The van der Waals surface area contributed by atoms with Gasteiger partial charge in [0.05, 0.1) is 31.4 Å². The summed E-state index contributed by atoms with van der Waals surface area (Å²) in [5.74, 6) is -0.183. The predicted octanol–water partition coefficient (Wildman–Crippen LogP) is 4.08.